The fourth-order valence-corrected chi connectivity index (χ4v) is 1.81. The summed E-state index contributed by atoms with van der Waals surface area (Å²) in [5, 5.41) is 0. The van der Waals surface area contributed by atoms with Crippen LogP contribution in [0, 0.1) is 5.95 Å². The van der Waals surface area contributed by atoms with Gasteiger partial charge in [0.05, 0.1) is 7.11 Å². The van der Waals surface area contributed by atoms with Gasteiger partial charge in [0.2, 0.25) is 5.95 Å². The lowest BCUT2D eigenvalue weighted by Crippen LogP contribution is -2.20. The summed E-state index contributed by atoms with van der Waals surface area (Å²) in [7, 11) is 1.22. The predicted octanol–water partition coefficient (Wildman–Crippen LogP) is 1.61. The maximum Gasteiger partial charge on any atom is 0.342 e. The predicted molar refractivity (Wildman–Crippen MR) is 57.0 cm³/mol. The Morgan fingerprint density at radius 1 is 1.44 bits per heavy atom. The van der Waals surface area contributed by atoms with E-state index in [9.17, 15) is 9.18 Å². The lowest BCUT2D eigenvalue weighted by Gasteiger charge is -2.16. The van der Waals surface area contributed by atoms with Gasteiger partial charge in [0.15, 0.2) is 0 Å². The molecule has 1 aliphatic heterocycles. The molecule has 0 aromatic carbocycles. The van der Waals surface area contributed by atoms with Crippen LogP contribution >= 0.6 is 0 Å². The van der Waals surface area contributed by atoms with Crippen molar-refractivity contribution in [3.05, 3.63) is 23.6 Å². The van der Waals surface area contributed by atoms with Gasteiger partial charge >= 0.3 is 5.97 Å². The second kappa shape index (κ2) is 4.47. The van der Waals surface area contributed by atoms with Crippen LogP contribution in [-0.2, 0) is 4.74 Å². The standard InChI is InChI=1S/C11H13FN2O2/c1-16-11(15)8-4-5-9(13-10(8)12)14-6-2-3-7-14/h4-5H,2-3,6-7H2,1H3. The highest BCUT2D eigenvalue weighted by Crippen LogP contribution is 2.19. The molecule has 0 bridgehead atoms. The molecule has 0 N–H and O–H groups in total. The van der Waals surface area contributed by atoms with Gasteiger partial charge in [-0.05, 0) is 25.0 Å². The highest BCUT2D eigenvalue weighted by molar-refractivity contribution is 5.89. The number of halogens is 1. The maximum absolute atomic E-state index is 13.5. The van der Waals surface area contributed by atoms with Crippen molar-refractivity contribution in [2.75, 3.05) is 25.1 Å². The second-order valence-electron chi connectivity index (χ2n) is 3.69. The van der Waals surface area contributed by atoms with Crippen LogP contribution in [0.3, 0.4) is 0 Å². The van der Waals surface area contributed by atoms with E-state index in [-0.39, 0.29) is 5.56 Å². The van der Waals surface area contributed by atoms with Crippen molar-refractivity contribution in [1.29, 1.82) is 0 Å². The molecule has 0 unspecified atom stereocenters. The Morgan fingerprint density at radius 2 is 2.12 bits per heavy atom. The molecule has 0 aliphatic carbocycles. The molecule has 5 heteroatoms. The number of nitrogens with zero attached hydrogens (tertiary/aromatic N) is 2. The van der Waals surface area contributed by atoms with E-state index in [2.05, 4.69) is 9.72 Å². The van der Waals surface area contributed by atoms with Crippen molar-refractivity contribution in [3.63, 3.8) is 0 Å². The normalized spacial score (nSPS) is 15.2. The lowest BCUT2D eigenvalue weighted by molar-refractivity contribution is 0.0594. The van der Waals surface area contributed by atoms with E-state index in [1.54, 1.807) is 6.07 Å². The number of methoxy groups -OCH3 is 1. The molecule has 0 spiro atoms. The van der Waals surface area contributed by atoms with Crippen molar-refractivity contribution < 1.29 is 13.9 Å². The summed E-state index contributed by atoms with van der Waals surface area (Å²) in [5.74, 6) is -0.878. The number of pyridine rings is 1. The summed E-state index contributed by atoms with van der Waals surface area (Å²) in [6.45, 7) is 1.79. The molecule has 0 saturated carbocycles. The van der Waals surface area contributed by atoms with Crippen LogP contribution in [0.2, 0.25) is 0 Å². The van der Waals surface area contributed by atoms with E-state index in [0.29, 0.717) is 5.82 Å². The van der Waals surface area contributed by atoms with Gasteiger partial charge in [-0.3, -0.25) is 0 Å². The molecule has 1 aromatic heterocycles. The van der Waals surface area contributed by atoms with Gasteiger partial charge in [-0.2, -0.15) is 4.39 Å². The number of esters is 1. The zero-order chi connectivity index (χ0) is 11.5. The monoisotopic (exact) mass is 224 g/mol. The van der Waals surface area contributed by atoms with Crippen LogP contribution in [0.15, 0.2) is 12.1 Å². The maximum atomic E-state index is 13.5. The van der Waals surface area contributed by atoms with Gasteiger partial charge in [0, 0.05) is 13.1 Å². The summed E-state index contributed by atoms with van der Waals surface area (Å²) in [5.41, 5.74) is -0.120. The Bertz CT molecular complexity index is 403. The van der Waals surface area contributed by atoms with E-state index < -0.39 is 11.9 Å². The molecule has 2 rings (SSSR count). The molecule has 4 nitrogen and oxygen atoms in total. The molecule has 1 fully saturated rings. The molecule has 86 valence electrons. The Kier molecular flexibility index (Phi) is 3.03. The SMILES string of the molecule is COC(=O)c1ccc(N2CCCC2)nc1F. The minimum absolute atomic E-state index is 0.120. The molecular formula is C11H13FN2O2. The zero-order valence-corrected chi connectivity index (χ0v) is 9.07. The number of hydrogen-bond acceptors (Lipinski definition) is 4. The van der Waals surface area contributed by atoms with Crippen molar-refractivity contribution in [1.82, 2.24) is 4.98 Å². The largest absolute Gasteiger partial charge is 0.465 e. The van der Waals surface area contributed by atoms with Gasteiger partial charge < -0.3 is 9.64 Å². The summed E-state index contributed by atoms with van der Waals surface area (Å²) in [6, 6.07) is 3.07. The van der Waals surface area contributed by atoms with Crippen LogP contribution in [0.25, 0.3) is 0 Å². The van der Waals surface area contributed by atoms with Crippen LogP contribution in [0.5, 0.6) is 0 Å². The third-order valence-electron chi connectivity index (χ3n) is 2.67. The number of aromatic nitrogens is 1. The third kappa shape index (κ3) is 1.98. The first kappa shape index (κ1) is 10.9. The summed E-state index contributed by atoms with van der Waals surface area (Å²) in [4.78, 5) is 16.9. The van der Waals surface area contributed by atoms with E-state index in [1.807, 2.05) is 4.90 Å². The highest BCUT2D eigenvalue weighted by atomic mass is 19.1. The fraction of sp³-hybridized carbons (Fsp3) is 0.455. The number of rotatable bonds is 2. The van der Waals surface area contributed by atoms with E-state index in [1.165, 1.54) is 13.2 Å². The molecule has 1 aliphatic rings. The highest BCUT2D eigenvalue weighted by Gasteiger charge is 2.18. The average molecular weight is 224 g/mol. The Balaban J connectivity index is 2.25. The minimum Gasteiger partial charge on any atom is -0.465 e. The van der Waals surface area contributed by atoms with Crippen molar-refractivity contribution in [2.24, 2.45) is 0 Å². The number of anilines is 1. The van der Waals surface area contributed by atoms with Gasteiger partial charge in [-0.25, -0.2) is 9.78 Å². The molecular weight excluding hydrogens is 211 g/mol. The minimum atomic E-state index is -0.767. The van der Waals surface area contributed by atoms with E-state index >= 15 is 0 Å². The molecule has 1 saturated heterocycles. The van der Waals surface area contributed by atoms with Gasteiger partial charge in [0.1, 0.15) is 11.4 Å². The first-order chi connectivity index (χ1) is 7.72. The summed E-state index contributed by atoms with van der Waals surface area (Å²) in [6.07, 6.45) is 2.20. The van der Waals surface area contributed by atoms with Crippen LogP contribution in [-0.4, -0.2) is 31.2 Å². The topological polar surface area (TPSA) is 42.4 Å². The summed E-state index contributed by atoms with van der Waals surface area (Å²) < 4.78 is 18.0. The van der Waals surface area contributed by atoms with Crippen LogP contribution in [0.1, 0.15) is 23.2 Å². The average Bonchev–Trinajstić information content (AvgIpc) is 2.81. The third-order valence-corrected chi connectivity index (χ3v) is 2.67. The van der Waals surface area contributed by atoms with Gasteiger partial charge in [-0.15, -0.1) is 0 Å². The smallest absolute Gasteiger partial charge is 0.342 e. The van der Waals surface area contributed by atoms with Gasteiger partial charge in [0.25, 0.3) is 0 Å². The van der Waals surface area contributed by atoms with Crippen molar-refractivity contribution >= 4 is 11.8 Å². The van der Waals surface area contributed by atoms with E-state index in [0.717, 1.165) is 25.9 Å². The molecule has 2 heterocycles. The van der Waals surface area contributed by atoms with Crippen LogP contribution < -0.4 is 4.90 Å². The molecule has 1 aromatic rings. The Morgan fingerprint density at radius 3 is 2.69 bits per heavy atom. The zero-order valence-electron chi connectivity index (χ0n) is 9.07. The van der Waals surface area contributed by atoms with E-state index in [4.69, 9.17) is 0 Å². The van der Waals surface area contributed by atoms with Crippen LogP contribution in [0.4, 0.5) is 10.2 Å². The number of carbonyl (C=O) groups excluding carboxylic acids is 1. The fourth-order valence-electron chi connectivity index (χ4n) is 1.81. The first-order valence-corrected chi connectivity index (χ1v) is 5.22. The lowest BCUT2D eigenvalue weighted by atomic mass is 10.2. The molecule has 0 amide bonds. The Labute approximate surface area is 93.0 Å². The quantitative estimate of drug-likeness (QED) is 0.565. The van der Waals surface area contributed by atoms with Crippen molar-refractivity contribution in [3.8, 4) is 0 Å². The number of ether oxygens (including phenoxy) is 1. The number of hydrogen-bond donors (Lipinski definition) is 0. The second-order valence-corrected chi connectivity index (χ2v) is 3.69. The molecule has 16 heavy (non-hydrogen) atoms. The molecule has 0 atom stereocenters. The van der Waals surface area contributed by atoms with Gasteiger partial charge in [-0.1, -0.05) is 0 Å². The Hall–Kier alpha value is -1.65. The number of carbonyl (C=O) groups is 1. The van der Waals surface area contributed by atoms with Crippen molar-refractivity contribution in [2.45, 2.75) is 12.8 Å². The summed E-state index contributed by atoms with van der Waals surface area (Å²) >= 11 is 0. The first-order valence-electron chi connectivity index (χ1n) is 5.22. The molecule has 0 radical (unpaired) electrons.